The molecule has 0 fully saturated rings. The zero-order valence-electron chi connectivity index (χ0n) is 12.8. The number of esters is 1. The van der Waals surface area contributed by atoms with E-state index in [1.165, 1.54) is 0 Å². The van der Waals surface area contributed by atoms with Crippen molar-refractivity contribution in [1.82, 2.24) is 10.1 Å². The van der Waals surface area contributed by atoms with Crippen LogP contribution in [0.2, 0.25) is 5.02 Å². The van der Waals surface area contributed by atoms with Gasteiger partial charge in [0.2, 0.25) is 5.82 Å². The molecule has 1 aromatic heterocycles. The van der Waals surface area contributed by atoms with Gasteiger partial charge in [0.15, 0.2) is 6.61 Å². The molecule has 6 nitrogen and oxygen atoms in total. The number of rotatable bonds is 5. The van der Waals surface area contributed by atoms with Crippen molar-refractivity contribution in [2.24, 2.45) is 0 Å². The minimum Gasteiger partial charge on any atom is -0.452 e. The highest BCUT2D eigenvalue weighted by Gasteiger charge is 2.14. The molecule has 3 aromatic rings. The molecule has 0 spiro atoms. The van der Waals surface area contributed by atoms with Gasteiger partial charge in [0.1, 0.15) is 0 Å². The zero-order chi connectivity index (χ0) is 16.9. The van der Waals surface area contributed by atoms with Gasteiger partial charge in [-0.3, -0.25) is 0 Å². The van der Waals surface area contributed by atoms with Crippen LogP contribution < -0.4 is 5.32 Å². The second-order valence-electron chi connectivity index (χ2n) is 4.89. The normalized spacial score (nSPS) is 10.4. The number of hydrogen-bond donors (Lipinski definition) is 1. The van der Waals surface area contributed by atoms with Crippen molar-refractivity contribution in [1.29, 1.82) is 0 Å². The number of halogens is 1. The fourth-order valence-corrected chi connectivity index (χ4v) is 2.24. The number of benzene rings is 2. The van der Waals surface area contributed by atoms with Crippen LogP contribution in [0.25, 0.3) is 11.4 Å². The maximum absolute atomic E-state index is 12.1. The first-order valence-corrected chi connectivity index (χ1v) is 7.57. The van der Waals surface area contributed by atoms with Crippen molar-refractivity contribution < 1.29 is 14.1 Å². The van der Waals surface area contributed by atoms with Crippen molar-refractivity contribution in [3.8, 4) is 11.4 Å². The van der Waals surface area contributed by atoms with Gasteiger partial charge in [0, 0.05) is 23.3 Å². The fourth-order valence-electron chi connectivity index (χ4n) is 2.11. The molecule has 7 heteroatoms. The first-order chi connectivity index (χ1) is 11.7. The molecule has 1 N–H and O–H groups in total. The van der Waals surface area contributed by atoms with Crippen molar-refractivity contribution in [2.75, 3.05) is 12.4 Å². The molecule has 0 radical (unpaired) electrons. The van der Waals surface area contributed by atoms with Crippen LogP contribution in [-0.2, 0) is 11.3 Å². The molecule has 1 heterocycles. The zero-order valence-corrected chi connectivity index (χ0v) is 13.6. The van der Waals surface area contributed by atoms with E-state index in [4.69, 9.17) is 20.9 Å². The quantitative estimate of drug-likeness (QED) is 0.710. The molecule has 3 rings (SSSR count). The monoisotopic (exact) mass is 343 g/mol. The Labute approximate surface area is 143 Å². The summed E-state index contributed by atoms with van der Waals surface area (Å²) in [5.41, 5.74) is 1.90. The number of hydrogen-bond acceptors (Lipinski definition) is 6. The lowest BCUT2D eigenvalue weighted by molar-refractivity contribution is 0.0431. The summed E-state index contributed by atoms with van der Waals surface area (Å²) in [6.07, 6.45) is 0. The fraction of sp³-hybridized carbons (Fsp3) is 0.118. The van der Waals surface area contributed by atoms with Crippen LogP contribution in [0.5, 0.6) is 0 Å². The van der Waals surface area contributed by atoms with E-state index >= 15 is 0 Å². The molecule has 0 atom stereocenters. The lowest BCUT2D eigenvalue weighted by atomic mass is 10.2. The Balaban J connectivity index is 1.67. The van der Waals surface area contributed by atoms with E-state index in [2.05, 4.69) is 15.5 Å². The van der Waals surface area contributed by atoms with Crippen molar-refractivity contribution in [3.63, 3.8) is 0 Å². The molecule has 0 unspecified atom stereocenters. The van der Waals surface area contributed by atoms with Crippen molar-refractivity contribution in [2.45, 2.75) is 6.61 Å². The highest BCUT2D eigenvalue weighted by atomic mass is 35.5. The predicted octanol–water partition coefficient (Wildman–Crippen LogP) is 3.79. The van der Waals surface area contributed by atoms with E-state index in [-0.39, 0.29) is 12.5 Å². The number of carbonyl (C=O) groups excluding carboxylic acids is 1. The Morgan fingerprint density at radius 1 is 1.21 bits per heavy atom. The number of nitrogens with one attached hydrogen (secondary N) is 1. The number of carbonyl (C=O) groups is 1. The molecule has 0 amide bonds. The minimum atomic E-state index is -0.466. The van der Waals surface area contributed by atoms with Gasteiger partial charge in [-0.2, -0.15) is 4.98 Å². The SMILES string of the molecule is CNc1ccccc1C(=O)OCc1nc(-c2ccc(Cl)cc2)no1. The summed E-state index contributed by atoms with van der Waals surface area (Å²) in [4.78, 5) is 16.3. The van der Waals surface area contributed by atoms with E-state index < -0.39 is 5.97 Å². The first kappa shape index (κ1) is 16.0. The number of aromatic nitrogens is 2. The van der Waals surface area contributed by atoms with E-state index in [1.54, 1.807) is 49.5 Å². The lowest BCUT2D eigenvalue weighted by Gasteiger charge is -2.07. The summed E-state index contributed by atoms with van der Waals surface area (Å²) >= 11 is 5.84. The Hall–Kier alpha value is -2.86. The molecule has 0 aliphatic rings. The summed E-state index contributed by atoms with van der Waals surface area (Å²) in [7, 11) is 1.74. The average molecular weight is 344 g/mol. The summed E-state index contributed by atoms with van der Waals surface area (Å²) in [5, 5.41) is 7.43. The standard InChI is InChI=1S/C17H14ClN3O3/c1-19-14-5-3-2-4-13(14)17(22)23-10-15-20-16(21-24-15)11-6-8-12(18)9-7-11/h2-9,19H,10H2,1H3. The maximum atomic E-state index is 12.1. The summed E-state index contributed by atoms with van der Waals surface area (Å²) < 4.78 is 10.3. The number of anilines is 1. The number of nitrogens with zero attached hydrogens (tertiary/aromatic N) is 2. The molecule has 122 valence electrons. The van der Waals surface area contributed by atoms with Crippen LogP contribution in [0, 0.1) is 0 Å². The first-order valence-electron chi connectivity index (χ1n) is 7.20. The van der Waals surface area contributed by atoms with Crippen molar-refractivity contribution >= 4 is 23.3 Å². The second kappa shape index (κ2) is 7.14. The summed E-state index contributed by atoms with van der Waals surface area (Å²) in [5.74, 6) is 0.162. The summed E-state index contributed by atoms with van der Waals surface area (Å²) in [6.45, 7) is -0.0997. The molecular weight excluding hydrogens is 330 g/mol. The predicted molar refractivity (Wildman–Crippen MR) is 89.9 cm³/mol. The van der Waals surface area contributed by atoms with Gasteiger partial charge in [-0.15, -0.1) is 0 Å². The Morgan fingerprint density at radius 3 is 2.71 bits per heavy atom. The van der Waals surface area contributed by atoms with Crippen LogP contribution in [0.15, 0.2) is 53.1 Å². The minimum absolute atomic E-state index is 0.0997. The lowest BCUT2D eigenvalue weighted by Crippen LogP contribution is -2.08. The molecule has 0 saturated carbocycles. The van der Waals surface area contributed by atoms with Gasteiger partial charge in [-0.1, -0.05) is 28.9 Å². The van der Waals surface area contributed by atoms with Gasteiger partial charge >= 0.3 is 5.97 Å². The van der Waals surface area contributed by atoms with E-state index in [0.717, 1.165) is 5.56 Å². The highest BCUT2D eigenvalue weighted by molar-refractivity contribution is 6.30. The number of para-hydroxylation sites is 1. The van der Waals surface area contributed by atoms with Crippen LogP contribution in [0.4, 0.5) is 5.69 Å². The smallest absolute Gasteiger partial charge is 0.340 e. The third-order valence-corrected chi connectivity index (χ3v) is 3.57. The van der Waals surface area contributed by atoms with Crippen LogP contribution in [0.3, 0.4) is 0 Å². The van der Waals surface area contributed by atoms with E-state index in [9.17, 15) is 4.79 Å². The Kier molecular flexibility index (Phi) is 4.77. The largest absolute Gasteiger partial charge is 0.452 e. The van der Waals surface area contributed by atoms with Crippen LogP contribution >= 0.6 is 11.6 Å². The Bertz CT molecular complexity index is 846. The summed E-state index contributed by atoms with van der Waals surface area (Å²) in [6, 6.07) is 14.1. The molecule has 24 heavy (non-hydrogen) atoms. The molecule has 0 saturated heterocycles. The molecule has 0 bridgehead atoms. The second-order valence-corrected chi connectivity index (χ2v) is 5.33. The van der Waals surface area contributed by atoms with Gasteiger partial charge in [0.05, 0.1) is 5.56 Å². The maximum Gasteiger partial charge on any atom is 0.340 e. The molecule has 0 aliphatic carbocycles. The molecular formula is C17H14ClN3O3. The van der Waals surface area contributed by atoms with E-state index in [1.807, 2.05) is 6.07 Å². The third-order valence-electron chi connectivity index (χ3n) is 3.31. The van der Waals surface area contributed by atoms with Crippen LogP contribution in [0.1, 0.15) is 16.2 Å². The van der Waals surface area contributed by atoms with Gasteiger partial charge in [-0.25, -0.2) is 4.79 Å². The Morgan fingerprint density at radius 2 is 1.96 bits per heavy atom. The van der Waals surface area contributed by atoms with Gasteiger partial charge < -0.3 is 14.6 Å². The number of ether oxygens (including phenoxy) is 1. The average Bonchev–Trinajstić information content (AvgIpc) is 3.09. The van der Waals surface area contributed by atoms with E-state index in [0.29, 0.717) is 22.1 Å². The third kappa shape index (κ3) is 3.55. The topological polar surface area (TPSA) is 77.2 Å². The van der Waals surface area contributed by atoms with Gasteiger partial charge in [-0.05, 0) is 36.4 Å². The molecule has 2 aromatic carbocycles. The molecule has 0 aliphatic heterocycles. The van der Waals surface area contributed by atoms with Gasteiger partial charge in [0.25, 0.3) is 5.89 Å². The van der Waals surface area contributed by atoms with Crippen LogP contribution in [-0.4, -0.2) is 23.2 Å². The van der Waals surface area contributed by atoms with Crippen molar-refractivity contribution in [3.05, 3.63) is 65.0 Å². The highest BCUT2D eigenvalue weighted by Crippen LogP contribution is 2.19.